The second-order valence-corrected chi connectivity index (χ2v) is 8.21. The molecule has 0 amide bonds. The lowest BCUT2D eigenvalue weighted by molar-refractivity contribution is -0.144. The van der Waals surface area contributed by atoms with Crippen LogP contribution in [0.5, 0.6) is 0 Å². The van der Waals surface area contributed by atoms with E-state index in [4.69, 9.17) is 4.74 Å². The molecule has 0 aromatic carbocycles. The second-order valence-electron chi connectivity index (χ2n) is 8.21. The first-order chi connectivity index (χ1) is 14.9. The summed E-state index contributed by atoms with van der Waals surface area (Å²) in [6, 6.07) is 0.991. The molecule has 3 aromatic heterocycles. The molecule has 1 fully saturated rings. The number of hydrogen-bond acceptors (Lipinski definition) is 6. The predicted octanol–water partition coefficient (Wildman–Crippen LogP) is 4.61. The Hall–Kier alpha value is -3.10. The maximum Gasteiger partial charge on any atom is 0.307 e. The zero-order valence-corrected chi connectivity index (χ0v) is 17.5. The number of rotatable bonds is 7. The Morgan fingerprint density at radius 1 is 1.29 bits per heavy atom. The molecule has 1 aliphatic rings. The van der Waals surface area contributed by atoms with Gasteiger partial charge in [0.1, 0.15) is 11.5 Å². The van der Waals surface area contributed by atoms with E-state index in [0.29, 0.717) is 23.2 Å². The Balaban J connectivity index is 1.67. The van der Waals surface area contributed by atoms with Gasteiger partial charge in [-0.1, -0.05) is 19.8 Å². The Labute approximate surface area is 178 Å². The number of halogens is 2. The number of ether oxygens (including phenoxy) is 1. The van der Waals surface area contributed by atoms with Crippen LogP contribution in [0.1, 0.15) is 46.0 Å². The van der Waals surface area contributed by atoms with Crippen molar-refractivity contribution in [3.8, 4) is 11.4 Å². The monoisotopic (exact) mass is 429 g/mol. The van der Waals surface area contributed by atoms with E-state index in [1.807, 2.05) is 0 Å². The van der Waals surface area contributed by atoms with E-state index in [0.717, 1.165) is 38.1 Å². The number of esters is 1. The minimum atomic E-state index is -0.622. The van der Waals surface area contributed by atoms with Crippen LogP contribution in [0.15, 0.2) is 24.7 Å². The molecule has 4 rings (SSSR count). The number of H-pyrrole nitrogens is 1. The highest BCUT2D eigenvalue weighted by atomic mass is 19.1. The lowest BCUT2D eigenvalue weighted by Gasteiger charge is -2.34. The number of nitrogens with one attached hydrogen (secondary N) is 2. The number of nitrogens with zero attached hydrogens (tertiary/aromatic N) is 3. The molecule has 3 aromatic rings. The first-order valence-corrected chi connectivity index (χ1v) is 10.5. The van der Waals surface area contributed by atoms with Crippen molar-refractivity contribution in [3.05, 3.63) is 36.3 Å². The summed E-state index contributed by atoms with van der Waals surface area (Å²) < 4.78 is 33.5. The van der Waals surface area contributed by atoms with Gasteiger partial charge in [-0.05, 0) is 31.2 Å². The largest absolute Gasteiger partial charge is 0.466 e. The number of carbonyl (C=O) groups is 1. The number of fused-ring (bicyclic) bond motifs is 1. The van der Waals surface area contributed by atoms with Crippen molar-refractivity contribution in [2.45, 2.75) is 52.0 Å². The van der Waals surface area contributed by atoms with E-state index in [1.165, 1.54) is 6.07 Å². The maximum atomic E-state index is 14.7. The van der Waals surface area contributed by atoms with Gasteiger partial charge < -0.3 is 15.0 Å². The van der Waals surface area contributed by atoms with Crippen LogP contribution >= 0.6 is 0 Å². The standard InChI is InChI=1S/C22H25F2N5O2/c1-3-31-18(30)9-17(22(2)6-4-5-7-22)28-21-16(24)12-27-20(29-21)15-11-26-19-14(15)8-13(23)10-25-19/h8,10-12,17H,3-7,9H2,1-2H3,(H,25,26)(H,27,28,29)/t17-/m0/s1. The number of hydrogen-bond donors (Lipinski definition) is 2. The van der Waals surface area contributed by atoms with E-state index in [9.17, 15) is 13.6 Å². The van der Waals surface area contributed by atoms with Gasteiger partial charge in [0.25, 0.3) is 0 Å². The molecular formula is C22H25F2N5O2. The summed E-state index contributed by atoms with van der Waals surface area (Å²) in [6.07, 6.45) is 7.89. The fourth-order valence-corrected chi connectivity index (χ4v) is 4.32. The van der Waals surface area contributed by atoms with Crippen LogP contribution in [0.3, 0.4) is 0 Å². The summed E-state index contributed by atoms with van der Waals surface area (Å²) in [7, 11) is 0. The number of anilines is 1. The number of pyridine rings is 1. The second kappa shape index (κ2) is 8.56. The van der Waals surface area contributed by atoms with Crippen LogP contribution in [0.4, 0.5) is 14.6 Å². The van der Waals surface area contributed by atoms with E-state index in [-0.39, 0.29) is 35.5 Å². The molecule has 3 heterocycles. The zero-order chi connectivity index (χ0) is 22.0. The van der Waals surface area contributed by atoms with Gasteiger partial charge in [-0.25, -0.2) is 23.7 Å². The fraction of sp³-hybridized carbons (Fsp3) is 0.455. The third kappa shape index (κ3) is 4.35. The van der Waals surface area contributed by atoms with Gasteiger partial charge in [-0.3, -0.25) is 4.79 Å². The minimum absolute atomic E-state index is 0.00568. The van der Waals surface area contributed by atoms with Gasteiger partial charge in [-0.15, -0.1) is 0 Å². The molecule has 9 heteroatoms. The summed E-state index contributed by atoms with van der Waals surface area (Å²) in [4.78, 5) is 27.6. The van der Waals surface area contributed by atoms with Crippen molar-refractivity contribution in [1.82, 2.24) is 19.9 Å². The number of carbonyl (C=O) groups excluding carboxylic acids is 1. The molecule has 1 saturated carbocycles. The molecule has 0 spiro atoms. The zero-order valence-electron chi connectivity index (χ0n) is 17.5. The smallest absolute Gasteiger partial charge is 0.307 e. The summed E-state index contributed by atoms with van der Waals surface area (Å²) in [5.74, 6) is -1.21. The van der Waals surface area contributed by atoms with Crippen molar-refractivity contribution in [1.29, 1.82) is 0 Å². The highest BCUT2D eigenvalue weighted by molar-refractivity contribution is 5.91. The first kappa shape index (κ1) is 21.1. The van der Waals surface area contributed by atoms with E-state index in [1.54, 1.807) is 13.1 Å². The van der Waals surface area contributed by atoms with Gasteiger partial charge in [0.2, 0.25) is 0 Å². The molecule has 164 valence electrons. The van der Waals surface area contributed by atoms with Crippen LogP contribution in [0, 0.1) is 17.0 Å². The van der Waals surface area contributed by atoms with Gasteiger partial charge >= 0.3 is 5.97 Å². The van der Waals surface area contributed by atoms with Crippen molar-refractivity contribution in [2.24, 2.45) is 5.41 Å². The van der Waals surface area contributed by atoms with Crippen LogP contribution < -0.4 is 5.32 Å². The molecular weight excluding hydrogens is 404 g/mol. The number of aromatic amines is 1. The van der Waals surface area contributed by atoms with Gasteiger partial charge in [0.15, 0.2) is 17.5 Å². The number of aromatic nitrogens is 4. The SMILES string of the molecule is CCOC(=O)C[C@H](Nc1nc(-c2c[nH]c3ncc(F)cc23)ncc1F)C1(C)CCCC1. The Kier molecular flexibility index (Phi) is 5.84. The molecule has 0 saturated heterocycles. The highest BCUT2D eigenvalue weighted by Crippen LogP contribution is 2.43. The van der Waals surface area contributed by atoms with Crippen molar-refractivity contribution >= 4 is 22.8 Å². The normalized spacial score (nSPS) is 16.4. The molecule has 1 aliphatic carbocycles. The molecule has 7 nitrogen and oxygen atoms in total. The maximum absolute atomic E-state index is 14.7. The minimum Gasteiger partial charge on any atom is -0.466 e. The van der Waals surface area contributed by atoms with Crippen molar-refractivity contribution < 1.29 is 18.3 Å². The molecule has 1 atom stereocenters. The first-order valence-electron chi connectivity index (χ1n) is 10.5. The van der Waals surface area contributed by atoms with Crippen LogP contribution in [-0.4, -0.2) is 38.6 Å². The Bertz CT molecular complexity index is 1090. The molecule has 0 unspecified atom stereocenters. The molecule has 31 heavy (non-hydrogen) atoms. The van der Waals surface area contributed by atoms with Crippen LogP contribution in [0.2, 0.25) is 0 Å². The predicted molar refractivity (Wildman–Crippen MR) is 112 cm³/mol. The van der Waals surface area contributed by atoms with E-state index < -0.39 is 11.6 Å². The van der Waals surface area contributed by atoms with Gasteiger partial charge in [0, 0.05) is 23.2 Å². The topological polar surface area (TPSA) is 92.8 Å². The van der Waals surface area contributed by atoms with Crippen LogP contribution in [-0.2, 0) is 9.53 Å². The molecule has 0 aliphatic heterocycles. The van der Waals surface area contributed by atoms with Gasteiger partial charge in [-0.2, -0.15) is 0 Å². The third-order valence-electron chi connectivity index (χ3n) is 6.06. The van der Waals surface area contributed by atoms with Crippen molar-refractivity contribution in [2.75, 3.05) is 11.9 Å². The highest BCUT2D eigenvalue weighted by Gasteiger charge is 2.39. The molecule has 0 bridgehead atoms. The summed E-state index contributed by atoms with van der Waals surface area (Å²) >= 11 is 0. The van der Waals surface area contributed by atoms with E-state index >= 15 is 0 Å². The third-order valence-corrected chi connectivity index (χ3v) is 6.06. The fourth-order valence-electron chi connectivity index (χ4n) is 4.32. The summed E-state index contributed by atoms with van der Waals surface area (Å²) in [6.45, 7) is 4.15. The van der Waals surface area contributed by atoms with Crippen molar-refractivity contribution in [3.63, 3.8) is 0 Å². The molecule has 2 N–H and O–H groups in total. The quantitative estimate of drug-likeness (QED) is 0.533. The average Bonchev–Trinajstić information content (AvgIpc) is 3.36. The molecule has 0 radical (unpaired) electrons. The Morgan fingerprint density at radius 2 is 2.06 bits per heavy atom. The summed E-state index contributed by atoms with van der Waals surface area (Å²) in [5, 5.41) is 3.66. The van der Waals surface area contributed by atoms with E-state index in [2.05, 4.69) is 32.2 Å². The average molecular weight is 429 g/mol. The van der Waals surface area contributed by atoms with Gasteiger partial charge in [0.05, 0.1) is 25.4 Å². The Morgan fingerprint density at radius 3 is 2.81 bits per heavy atom. The summed E-state index contributed by atoms with van der Waals surface area (Å²) in [5.41, 5.74) is 0.814. The lowest BCUT2D eigenvalue weighted by atomic mass is 9.79. The lowest BCUT2D eigenvalue weighted by Crippen LogP contribution is -2.39. The van der Waals surface area contributed by atoms with Crippen LogP contribution in [0.25, 0.3) is 22.4 Å².